The van der Waals surface area contributed by atoms with Crippen molar-refractivity contribution in [1.29, 1.82) is 0 Å². The second-order valence-corrected chi connectivity index (χ2v) is 13.3. The van der Waals surface area contributed by atoms with Gasteiger partial charge in [0.15, 0.2) is 29.3 Å². The molecule has 49 heavy (non-hydrogen) atoms. The Labute approximate surface area is 284 Å². The maximum atomic E-state index is 14.9. The number of carbonyl (C=O) groups excluding carboxylic acids is 1. The number of hydrogen-bond donors (Lipinski definition) is 5. The molecule has 1 aliphatic heterocycles. The molecule has 1 heterocycles. The smallest absolute Gasteiger partial charge is 0.362 e. The fourth-order valence-corrected chi connectivity index (χ4v) is 6.09. The van der Waals surface area contributed by atoms with Crippen molar-refractivity contribution in [1.82, 2.24) is 14.9 Å². The number of amides is 2. The van der Waals surface area contributed by atoms with Crippen molar-refractivity contribution in [2.75, 3.05) is 27.1 Å². The number of aliphatic hydroxyl groups is 1. The van der Waals surface area contributed by atoms with Gasteiger partial charge >= 0.3 is 13.6 Å². The number of nitrogens with zero attached hydrogens (tertiary/aromatic N) is 3. The second kappa shape index (κ2) is 15.6. The number of urea groups is 1. The van der Waals surface area contributed by atoms with E-state index in [2.05, 4.69) is 0 Å². The Balaban J connectivity index is 1.56. The third-order valence-corrected chi connectivity index (χ3v) is 8.64. The Bertz CT molecular complexity index is 1790. The molecule has 5 rings (SSSR count). The largest absolute Gasteiger partial charge is 0.504 e. The molecule has 1 aliphatic rings. The number of ether oxygens (including phenoxy) is 3. The normalized spacial score (nSPS) is 17.1. The summed E-state index contributed by atoms with van der Waals surface area (Å²) in [5.74, 6) is 0.611. The van der Waals surface area contributed by atoms with E-state index in [4.69, 9.17) is 14.2 Å². The first kappa shape index (κ1) is 35.5. The van der Waals surface area contributed by atoms with Crippen molar-refractivity contribution >= 4 is 13.6 Å². The molecule has 1 saturated heterocycles. The summed E-state index contributed by atoms with van der Waals surface area (Å²) in [6.45, 7) is 0.505. The summed E-state index contributed by atoms with van der Waals surface area (Å²) in [5.41, 5.74) is 2.90. The number of hydrazine groups is 1. The van der Waals surface area contributed by atoms with Gasteiger partial charge in [-0.3, -0.25) is 9.57 Å². The topological polar surface area (TPSA) is 173 Å². The molecule has 4 aromatic carbocycles. The standard InChI is InChI=1S/C35H40N3O10P/c1-46-33-17-26(11-13-30(33)39)20-37-29(16-25-9-6-10-28(15-25)48-23-49(43,44)45)32(41)22-36(19-24-7-4-3-5-8-24)38(35(37)42)21-27-12-14-31(40)34(18-27)47-2/h3-15,17-18,29,32,39-41H,16,19-23H2,1-2H3,(H2,43,44,45). The van der Waals surface area contributed by atoms with Gasteiger partial charge in [0.1, 0.15) is 5.75 Å². The molecule has 1 fully saturated rings. The highest BCUT2D eigenvalue weighted by atomic mass is 31.2. The van der Waals surface area contributed by atoms with Crippen LogP contribution in [0.2, 0.25) is 0 Å². The summed E-state index contributed by atoms with van der Waals surface area (Å²) in [7, 11) is -1.55. The number of phenolic OH excluding ortho intramolecular Hbond substituents is 2. The molecule has 13 nitrogen and oxygen atoms in total. The van der Waals surface area contributed by atoms with Gasteiger partial charge in [0.2, 0.25) is 0 Å². The molecule has 0 aliphatic carbocycles. The van der Waals surface area contributed by atoms with Gasteiger partial charge in [0, 0.05) is 19.6 Å². The zero-order chi connectivity index (χ0) is 35.1. The molecule has 14 heteroatoms. The zero-order valence-electron chi connectivity index (χ0n) is 27.1. The minimum Gasteiger partial charge on any atom is -0.504 e. The monoisotopic (exact) mass is 693 g/mol. The van der Waals surface area contributed by atoms with Gasteiger partial charge < -0.3 is 44.2 Å². The quantitative estimate of drug-likeness (QED) is 0.125. The van der Waals surface area contributed by atoms with Crippen LogP contribution in [0, 0.1) is 0 Å². The van der Waals surface area contributed by atoms with Crippen molar-refractivity contribution in [3.05, 3.63) is 113 Å². The van der Waals surface area contributed by atoms with Crippen LogP contribution in [0.5, 0.6) is 28.7 Å². The lowest BCUT2D eigenvalue weighted by atomic mass is 9.98. The van der Waals surface area contributed by atoms with Crippen molar-refractivity contribution < 1.29 is 48.7 Å². The Morgan fingerprint density at radius 3 is 1.98 bits per heavy atom. The van der Waals surface area contributed by atoms with E-state index < -0.39 is 32.1 Å². The van der Waals surface area contributed by atoms with Crippen molar-refractivity contribution in [2.45, 2.75) is 38.2 Å². The number of aliphatic hydroxyl groups excluding tert-OH is 1. The van der Waals surface area contributed by atoms with Crippen LogP contribution in [0.1, 0.15) is 22.3 Å². The number of phenols is 2. The molecule has 0 radical (unpaired) electrons. The summed E-state index contributed by atoms with van der Waals surface area (Å²) in [4.78, 5) is 35.0. The maximum Gasteiger partial charge on any atom is 0.362 e. The van der Waals surface area contributed by atoms with Gasteiger partial charge in [-0.1, -0.05) is 54.6 Å². The van der Waals surface area contributed by atoms with E-state index >= 15 is 0 Å². The van der Waals surface area contributed by atoms with Gasteiger partial charge in [0.25, 0.3) is 0 Å². The lowest BCUT2D eigenvalue weighted by molar-refractivity contribution is -0.0213. The van der Waals surface area contributed by atoms with Crippen molar-refractivity contribution in [2.24, 2.45) is 0 Å². The third kappa shape index (κ3) is 9.23. The van der Waals surface area contributed by atoms with Gasteiger partial charge in [-0.25, -0.2) is 9.80 Å². The van der Waals surface area contributed by atoms with E-state index in [0.717, 1.165) is 5.56 Å². The number of methoxy groups -OCH3 is 2. The van der Waals surface area contributed by atoms with Crippen LogP contribution in [0.4, 0.5) is 4.79 Å². The zero-order valence-corrected chi connectivity index (χ0v) is 28.0. The minimum absolute atomic E-state index is 0.0417. The summed E-state index contributed by atoms with van der Waals surface area (Å²) in [6.07, 6.45) is -1.68. The number of rotatable bonds is 13. The summed E-state index contributed by atoms with van der Waals surface area (Å²) in [5, 5.41) is 35.8. The highest BCUT2D eigenvalue weighted by Gasteiger charge is 2.40. The number of β-amino-alcohol motifs (C(OH)–C–C–N with tert-alkyl or cyclic N) is 1. The first-order valence-electron chi connectivity index (χ1n) is 15.5. The predicted octanol–water partition coefficient (Wildman–Crippen LogP) is 4.46. The Morgan fingerprint density at radius 1 is 0.755 bits per heavy atom. The minimum atomic E-state index is -4.42. The summed E-state index contributed by atoms with van der Waals surface area (Å²) >= 11 is 0. The lowest BCUT2D eigenvalue weighted by Gasteiger charge is -2.36. The fraction of sp³-hybridized carbons (Fsp3) is 0.286. The van der Waals surface area contributed by atoms with Crippen LogP contribution in [0.15, 0.2) is 91.0 Å². The molecule has 0 bridgehead atoms. The van der Waals surface area contributed by atoms with Crippen LogP contribution in [0.3, 0.4) is 0 Å². The van der Waals surface area contributed by atoms with Gasteiger partial charge in [0.05, 0.1) is 32.9 Å². The molecule has 260 valence electrons. The maximum absolute atomic E-state index is 14.9. The van der Waals surface area contributed by atoms with E-state index in [1.54, 1.807) is 63.4 Å². The number of aromatic hydroxyl groups is 2. The molecule has 5 N–H and O–H groups in total. The molecule has 4 aromatic rings. The highest BCUT2D eigenvalue weighted by Crippen LogP contribution is 2.35. The predicted molar refractivity (Wildman–Crippen MR) is 180 cm³/mol. The average molecular weight is 694 g/mol. The van der Waals surface area contributed by atoms with Gasteiger partial charge in [-0.05, 0) is 65.1 Å². The SMILES string of the molecule is COc1cc(CN2C(=O)N(Cc3ccc(O)c(OC)c3)N(Cc3ccccc3)CC(O)C2Cc2cccc(OCP(=O)(O)O)c2)ccc1O. The molecule has 0 aromatic heterocycles. The van der Waals surface area contributed by atoms with E-state index in [1.165, 1.54) is 26.4 Å². The van der Waals surface area contributed by atoms with E-state index in [0.29, 0.717) is 23.2 Å². The first-order chi connectivity index (χ1) is 23.4. The first-order valence-corrected chi connectivity index (χ1v) is 17.3. The van der Waals surface area contributed by atoms with Crippen molar-refractivity contribution in [3.8, 4) is 28.7 Å². The van der Waals surface area contributed by atoms with Crippen LogP contribution >= 0.6 is 7.60 Å². The lowest BCUT2D eigenvalue weighted by Crippen LogP contribution is -2.51. The van der Waals surface area contributed by atoms with E-state index in [1.807, 2.05) is 30.3 Å². The Hall–Kier alpha value is -4.78. The molecule has 2 unspecified atom stereocenters. The van der Waals surface area contributed by atoms with E-state index in [-0.39, 0.29) is 54.8 Å². The number of hydrogen-bond acceptors (Lipinski definition) is 9. The van der Waals surface area contributed by atoms with E-state index in [9.17, 15) is 34.5 Å². The van der Waals surface area contributed by atoms with Gasteiger partial charge in [-0.15, -0.1) is 0 Å². The fourth-order valence-electron chi connectivity index (χ4n) is 5.77. The van der Waals surface area contributed by atoms with Crippen LogP contribution < -0.4 is 14.2 Å². The molecular formula is C35H40N3O10P. The third-order valence-electron chi connectivity index (χ3n) is 8.17. The molecule has 0 saturated carbocycles. The summed E-state index contributed by atoms with van der Waals surface area (Å²) < 4.78 is 27.4. The van der Waals surface area contributed by atoms with Crippen LogP contribution in [0.25, 0.3) is 0 Å². The van der Waals surface area contributed by atoms with Crippen LogP contribution in [-0.4, -0.2) is 85.3 Å². The number of benzene rings is 4. The second-order valence-electron chi connectivity index (χ2n) is 11.7. The van der Waals surface area contributed by atoms with Crippen LogP contribution in [-0.2, 0) is 30.6 Å². The Kier molecular flexibility index (Phi) is 11.3. The van der Waals surface area contributed by atoms with Gasteiger partial charge in [-0.2, -0.15) is 0 Å². The molecule has 2 atom stereocenters. The number of carbonyl (C=O) groups is 1. The highest BCUT2D eigenvalue weighted by molar-refractivity contribution is 7.51. The average Bonchev–Trinajstić information content (AvgIpc) is 3.16. The molecule has 2 amide bonds. The van der Waals surface area contributed by atoms with Crippen molar-refractivity contribution in [3.63, 3.8) is 0 Å². The molecular weight excluding hydrogens is 653 g/mol. The Morgan fingerprint density at radius 2 is 1.37 bits per heavy atom. The summed E-state index contributed by atoms with van der Waals surface area (Å²) in [6, 6.07) is 24.7. The molecule has 0 spiro atoms.